The number of para-hydroxylation sites is 1. The Morgan fingerprint density at radius 3 is 2.78 bits per heavy atom. The van der Waals surface area contributed by atoms with Gasteiger partial charge in [0.05, 0.1) is 5.52 Å². The molecule has 3 aromatic rings. The van der Waals surface area contributed by atoms with E-state index in [9.17, 15) is 13.6 Å². The number of pyridine rings is 1. The van der Waals surface area contributed by atoms with E-state index in [-0.39, 0.29) is 11.5 Å². The molecule has 2 heterocycles. The second-order valence-electron chi connectivity index (χ2n) is 5.95. The Kier molecular flexibility index (Phi) is 4.23. The third kappa shape index (κ3) is 3.74. The number of carbonyl (C=O) groups excluding carboxylic acids is 1. The molecule has 0 spiro atoms. The molecule has 27 heavy (non-hydrogen) atoms. The maximum absolute atomic E-state index is 13.0. The highest BCUT2D eigenvalue weighted by molar-refractivity contribution is 5.89. The number of urea groups is 1. The number of carbonyl (C=O) groups is 1. The van der Waals surface area contributed by atoms with E-state index in [1.165, 1.54) is 18.2 Å². The zero-order valence-electron chi connectivity index (χ0n) is 14.0. The summed E-state index contributed by atoms with van der Waals surface area (Å²) in [6, 6.07) is 13.3. The molecule has 0 saturated heterocycles. The lowest BCUT2D eigenvalue weighted by Gasteiger charge is -2.09. The minimum atomic E-state index is -3.68. The quantitative estimate of drug-likeness (QED) is 0.729. The molecule has 1 aliphatic heterocycles. The zero-order chi connectivity index (χ0) is 18.9. The number of amides is 2. The van der Waals surface area contributed by atoms with Crippen LogP contribution in [0.5, 0.6) is 11.5 Å². The van der Waals surface area contributed by atoms with Crippen molar-refractivity contribution in [2.45, 2.75) is 12.7 Å². The number of halogens is 2. The van der Waals surface area contributed by atoms with Gasteiger partial charge in [-0.15, -0.1) is 8.78 Å². The molecule has 1 aliphatic rings. The molecule has 138 valence electrons. The summed E-state index contributed by atoms with van der Waals surface area (Å²) in [6.07, 6.45) is -1.35. The Bertz CT molecular complexity index is 1010. The van der Waals surface area contributed by atoms with Crippen molar-refractivity contribution < 1.29 is 23.0 Å². The summed E-state index contributed by atoms with van der Waals surface area (Å²) < 4.78 is 34.7. The highest BCUT2D eigenvalue weighted by Crippen LogP contribution is 2.42. The number of nitrogens with one attached hydrogen (secondary N) is 2. The molecular weight excluding hydrogens is 356 g/mol. The van der Waals surface area contributed by atoms with E-state index < -0.39 is 12.3 Å². The summed E-state index contributed by atoms with van der Waals surface area (Å²) >= 11 is 0. The van der Waals surface area contributed by atoms with E-state index in [1.807, 2.05) is 30.3 Å². The number of rotatable bonds is 4. The van der Waals surface area contributed by atoms with Crippen LogP contribution in [0.1, 0.15) is 5.56 Å². The van der Waals surface area contributed by atoms with Crippen molar-refractivity contribution in [2.75, 3.05) is 11.9 Å². The van der Waals surface area contributed by atoms with E-state index in [0.717, 1.165) is 16.5 Å². The maximum atomic E-state index is 13.0. The fourth-order valence-corrected chi connectivity index (χ4v) is 2.88. The third-order valence-electron chi connectivity index (χ3n) is 4.06. The van der Waals surface area contributed by atoms with Gasteiger partial charge >= 0.3 is 12.3 Å². The van der Waals surface area contributed by atoms with Gasteiger partial charge in [-0.3, -0.25) is 4.98 Å². The molecule has 0 atom stereocenters. The molecule has 0 bridgehead atoms. The van der Waals surface area contributed by atoms with Crippen molar-refractivity contribution >= 4 is 22.6 Å². The number of hydrogen-bond donors (Lipinski definition) is 2. The molecule has 0 saturated carbocycles. The van der Waals surface area contributed by atoms with E-state index in [0.29, 0.717) is 18.7 Å². The Morgan fingerprint density at radius 1 is 1.07 bits per heavy atom. The lowest BCUT2D eigenvalue weighted by atomic mass is 10.1. The number of fused-ring (bicyclic) bond motifs is 2. The van der Waals surface area contributed by atoms with Crippen molar-refractivity contribution in [2.24, 2.45) is 0 Å². The van der Waals surface area contributed by atoms with Crippen LogP contribution in [0.15, 0.2) is 54.7 Å². The lowest BCUT2D eigenvalue weighted by Crippen LogP contribution is -2.30. The van der Waals surface area contributed by atoms with Gasteiger partial charge in [0.15, 0.2) is 11.5 Å². The Morgan fingerprint density at radius 2 is 1.89 bits per heavy atom. The van der Waals surface area contributed by atoms with Gasteiger partial charge in [-0.1, -0.05) is 24.3 Å². The van der Waals surface area contributed by atoms with Crippen LogP contribution in [0.25, 0.3) is 10.9 Å². The van der Waals surface area contributed by atoms with E-state index in [4.69, 9.17) is 0 Å². The summed E-state index contributed by atoms with van der Waals surface area (Å²) in [6.45, 7) is 0.393. The molecule has 0 fully saturated rings. The lowest BCUT2D eigenvalue weighted by molar-refractivity contribution is -0.286. The number of benzene rings is 2. The highest BCUT2D eigenvalue weighted by Gasteiger charge is 2.43. The first-order valence-corrected chi connectivity index (χ1v) is 8.27. The van der Waals surface area contributed by atoms with Crippen LogP contribution >= 0.6 is 0 Å². The fourth-order valence-electron chi connectivity index (χ4n) is 2.88. The van der Waals surface area contributed by atoms with Crippen LogP contribution in [-0.2, 0) is 6.42 Å². The van der Waals surface area contributed by atoms with Crippen LogP contribution < -0.4 is 20.1 Å². The van der Waals surface area contributed by atoms with Gasteiger partial charge in [-0.05, 0) is 30.2 Å². The minimum Gasteiger partial charge on any atom is -0.395 e. The number of aromatic nitrogens is 1. The molecule has 4 rings (SSSR count). The second-order valence-corrected chi connectivity index (χ2v) is 5.95. The maximum Gasteiger partial charge on any atom is 0.586 e. The molecule has 2 amide bonds. The topological polar surface area (TPSA) is 72.5 Å². The molecule has 8 heteroatoms. The summed E-state index contributed by atoms with van der Waals surface area (Å²) in [5, 5.41) is 6.35. The molecule has 1 aromatic heterocycles. The van der Waals surface area contributed by atoms with E-state index in [1.54, 1.807) is 6.20 Å². The fraction of sp³-hybridized carbons (Fsp3) is 0.158. The van der Waals surface area contributed by atoms with Crippen molar-refractivity contribution in [1.82, 2.24) is 10.3 Å². The van der Waals surface area contributed by atoms with Crippen LogP contribution in [0.3, 0.4) is 0 Å². The van der Waals surface area contributed by atoms with Crippen LogP contribution in [0, 0.1) is 0 Å². The summed E-state index contributed by atoms with van der Waals surface area (Å²) in [5.41, 5.74) is 2.25. The third-order valence-corrected chi connectivity index (χ3v) is 4.06. The first-order chi connectivity index (χ1) is 13.0. The van der Waals surface area contributed by atoms with Crippen molar-refractivity contribution in [1.29, 1.82) is 0 Å². The number of ether oxygens (including phenoxy) is 2. The van der Waals surface area contributed by atoms with Gasteiger partial charge in [0.25, 0.3) is 0 Å². The van der Waals surface area contributed by atoms with Crippen LogP contribution in [0.4, 0.5) is 19.3 Å². The van der Waals surface area contributed by atoms with Crippen molar-refractivity contribution in [3.8, 4) is 11.5 Å². The van der Waals surface area contributed by atoms with Gasteiger partial charge in [0, 0.05) is 29.9 Å². The predicted molar refractivity (Wildman–Crippen MR) is 95.1 cm³/mol. The van der Waals surface area contributed by atoms with Gasteiger partial charge < -0.3 is 20.1 Å². The molecular formula is C19H15F2N3O3. The Labute approximate surface area is 153 Å². The monoisotopic (exact) mass is 371 g/mol. The highest BCUT2D eigenvalue weighted by atomic mass is 19.3. The normalized spacial score (nSPS) is 14.1. The SMILES string of the molecule is O=C(NCCc1cccc2cccnc12)Nc1ccc2c(c1)OC(F)(F)O2. The number of nitrogens with zero attached hydrogens (tertiary/aromatic N) is 1. The number of anilines is 1. The van der Waals surface area contributed by atoms with Gasteiger partial charge in [-0.2, -0.15) is 0 Å². The molecule has 2 aromatic carbocycles. The summed E-state index contributed by atoms with van der Waals surface area (Å²) in [4.78, 5) is 16.4. The molecule has 2 N–H and O–H groups in total. The molecule has 6 nitrogen and oxygen atoms in total. The first-order valence-electron chi connectivity index (χ1n) is 8.27. The average Bonchev–Trinajstić information content (AvgIpc) is 2.95. The first kappa shape index (κ1) is 17.0. The largest absolute Gasteiger partial charge is 0.586 e. The van der Waals surface area contributed by atoms with E-state index in [2.05, 4.69) is 25.1 Å². The summed E-state index contributed by atoms with van der Waals surface area (Å²) in [7, 11) is 0. The van der Waals surface area contributed by atoms with Crippen LogP contribution in [-0.4, -0.2) is 23.9 Å². The van der Waals surface area contributed by atoms with Crippen molar-refractivity contribution in [3.05, 3.63) is 60.3 Å². The number of alkyl halides is 2. The Balaban J connectivity index is 1.34. The zero-order valence-corrected chi connectivity index (χ0v) is 14.0. The smallest absolute Gasteiger partial charge is 0.395 e. The second kappa shape index (κ2) is 6.71. The number of hydrogen-bond acceptors (Lipinski definition) is 4. The van der Waals surface area contributed by atoms with Crippen molar-refractivity contribution in [3.63, 3.8) is 0 Å². The Hall–Kier alpha value is -3.42. The minimum absolute atomic E-state index is 0.0746. The van der Waals surface area contributed by atoms with Crippen LogP contribution in [0.2, 0.25) is 0 Å². The average molecular weight is 371 g/mol. The van der Waals surface area contributed by atoms with Gasteiger partial charge in [-0.25, -0.2) is 4.79 Å². The van der Waals surface area contributed by atoms with E-state index >= 15 is 0 Å². The summed E-state index contributed by atoms with van der Waals surface area (Å²) in [5.74, 6) is -0.200. The van der Waals surface area contributed by atoms with Gasteiger partial charge in [0.2, 0.25) is 0 Å². The molecule has 0 aliphatic carbocycles. The van der Waals surface area contributed by atoms with Gasteiger partial charge in [0.1, 0.15) is 0 Å². The standard InChI is InChI=1S/C19H15F2N3O3/c20-19(21)26-15-7-6-14(11-16(15)27-19)24-18(25)23-10-8-13-4-1-3-12-5-2-9-22-17(12)13/h1-7,9,11H,8,10H2,(H2,23,24,25). The molecule has 0 unspecified atom stereocenters. The molecule has 0 radical (unpaired) electrons. The predicted octanol–water partition coefficient (Wildman–Crippen LogP) is 3.92.